The lowest BCUT2D eigenvalue weighted by molar-refractivity contribution is -0.200. The van der Waals surface area contributed by atoms with Crippen molar-refractivity contribution in [3.63, 3.8) is 0 Å². The van der Waals surface area contributed by atoms with Crippen molar-refractivity contribution in [1.82, 2.24) is 24.6 Å². The zero-order chi connectivity index (χ0) is 25.6. The van der Waals surface area contributed by atoms with Crippen LogP contribution < -0.4 is 9.64 Å². The van der Waals surface area contributed by atoms with Gasteiger partial charge in [0.2, 0.25) is 0 Å². The molecule has 3 aromatic rings. The van der Waals surface area contributed by atoms with Gasteiger partial charge in [-0.25, -0.2) is 4.98 Å². The molecule has 37 heavy (non-hydrogen) atoms. The molecule has 4 aliphatic rings. The molecule has 1 aromatic carbocycles. The van der Waals surface area contributed by atoms with E-state index >= 15 is 0 Å². The SMILES string of the molecule is COc1cccnc1N1CC2(CC(c3nnc4n3-c3ccc(Cl)cc3CN(C3(C(F)(F)F)CC3)C4)C2)C1. The summed E-state index contributed by atoms with van der Waals surface area (Å²) in [6.07, 6.45) is -0.399. The summed E-state index contributed by atoms with van der Waals surface area (Å²) in [5, 5.41) is 9.47. The number of pyridine rings is 1. The smallest absolute Gasteiger partial charge is 0.406 e. The standard InChI is InChI=1S/C26H26ClF3N6O/c1-37-20-3-2-8-31-23(20)34-14-24(15-34)10-17(11-24)22-33-32-21-13-35(25(6-7-25)26(28,29)30)12-16-9-18(27)4-5-19(16)36(21)22/h2-5,8-9,17H,6-7,10-15H2,1H3. The summed E-state index contributed by atoms with van der Waals surface area (Å²) in [5.41, 5.74) is -0.00709. The number of fused-ring (bicyclic) bond motifs is 3. The minimum absolute atomic E-state index is 0.101. The number of hydrogen-bond donors (Lipinski definition) is 0. The number of anilines is 1. The summed E-state index contributed by atoms with van der Waals surface area (Å²) < 4.78 is 49.6. The van der Waals surface area contributed by atoms with E-state index in [4.69, 9.17) is 16.3 Å². The fourth-order valence-electron chi connectivity index (χ4n) is 6.61. The van der Waals surface area contributed by atoms with E-state index in [0.717, 1.165) is 54.6 Å². The average molecular weight is 531 g/mol. The van der Waals surface area contributed by atoms with E-state index in [1.54, 1.807) is 25.4 Å². The maximum Gasteiger partial charge on any atom is 0.406 e. The van der Waals surface area contributed by atoms with Crippen molar-refractivity contribution in [2.45, 2.75) is 56.4 Å². The van der Waals surface area contributed by atoms with E-state index in [0.29, 0.717) is 10.8 Å². The topological polar surface area (TPSA) is 59.3 Å². The molecule has 7 nitrogen and oxygen atoms in total. The highest BCUT2D eigenvalue weighted by molar-refractivity contribution is 6.30. The van der Waals surface area contributed by atoms with Crippen LogP contribution in [-0.4, -0.2) is 56.6 Å². The molecule has 0 atom stereocenters. The molecule has 7 rings (SSSR count). The van der Waals surface area contributed by atoms with Gasteiger partial charge in [-0.2, -0.15) is 13.2 Å². The molecule has 0 N–H and O–H groups in total. The quantitative estimate of drug-likeness (QED) is 0.467. The second-order valence-corrected chi connectivity index (χ2v) is 11.4. The van der Waals surface area contributed by atoms with Gasteiger partial charge in [-0.1, -0.05) is 11.6 Å². The first-order chi connectivity index (χ1) is 17.7. The Balaban J connectivity index is 1.16. The highest BCUT2D eigenvalue weighted by atomic mass is 35.5. The van der Waals surface area contributed by atoms with Gasteiger partial charge in [0.05, 0.1) is 19.3 Å². The van der Waals surface area contributed by atoms with Gasteiger partial charge in [0.15, 0.2) is 17.4 Å². The van der Waals surface area contributed by atoms with E-state index in [-0.39, 0.29) is 37.3 Å². The van der Waals surface area contributed by atoms with E-state index in [1.165, 1.54) is 4.90 Å². The maximum absolute atomic E-state index is 14.0. The van der Waals surface area contributed by atoms with Gasteiger partial charge in [-0.15, -0.1) is 10.2 Å². The van der Waals surface area contributed by atoms with Crippen molar-refractivity contribution >= 4 is 17.4 Å². The molecular weight excluding hydrogens is 505 g/mol. The van der Waals surface area contributed by atoms with Crippen LogP contribution in [0.5, 0.6) is 5.75 Å². The fourth-order valence-corrected chi connectivity index (χ4v) is 6.80. The van der Waals surface area contributed by atoms with Crippen LogP contribution in [0.2, 0.25) is 5.02 Å². The zero-order valence-electron chi connectivity index (χ0n) is 20.3. The molecule has 0 radical (unpaired) electrons. The molecule has 1 spiro atoms. The van der Waals surface area contributed by atoms with Crippen molar-refractivity contribution in [2.75, 3.05) is 25.1 Å². The molecule has 0 unspecified atom stereocenters. The Morgan fingerprint density at radius 1 is 1.08 bits per heavy atom. The lowest BCUT2D eigenvalue weighted by atomic mass is 9.57. The summed E-state index contributed by atoms with van der Waals surface area (Å²) in [5.74, 6) is 3.21. The number of nitrogens with zero attached hydrogens (tertiary/aromatic N) is 6. The number of ether oxygens (including phenoxy) is 1. The van der Waals surface area contributed by atoms with E-state index in [2.05, 4.69) is 20.1 Å². The van der Waals surface area contributed by atoms with E-state index < -0.39 is 11.7 Å². The molecule has 2 aliphatic heterocycles. The van der Waals surface area contributed by atoms with Gasteiger partial charge in [0.25, 0.3) is 0 Å². The first-order valence-electron chi connectivity index (χ1n) is 12.5. The number of alkyl halides is 3. The Morgan fingerprint density at radius 3 is 2.57 bits per heavy atom. The second-order valence-electron chi connectivity index (χ2n) is 11.0. The highest BCUT2D eigenvalue weighted by Crippen LogP contribution is 2.58. The van der Waals surface area contributed by atoms with Crippen LogP contribution in [0.4, 0.5) is 19.0 Å². The highest BCUT2D eigenvalue weighted by Gasteiger charge is 2.67. The molecule has 1 saturated heterocycles. The molecule has 4 heterocycles. The summed E-state index contributed by atoms with van der Waals surface area (Å²) in [6, 6.07) is 9.23. The second kappa shape index (κ2) is 7.83. The van der Waals surface area contributed by atoms with Crippen molar-refractivity contribution in [3.8, 4) is 11.4 Å². The number of aromatic nitrogens is 4. The summed E-state index contributed by atoms with van der Waals surface area (Å²) in [6.45, 7) is 2.06. The Kier molecular flexibility index (Phi) is 4.93. The predicted molar refractivity (Wildman–Crippen MR) is 131 cm³/mol. The number of benzene rings is 1. The van der Waals surface area contributed by atoms with Crippen LogP contribution in [0.1, 0.15) is 48.8 Å². The lowest BCUT2D eigenvalue weighted by Gasteiger charge is -2.59. The largest absolute Gasteiger partial charge is 0.493 e. The van der Waals surface area contributed by atoms with Gasteiger partial charge in [0.1, 0.15) is 11.4 Å². The molecule has 0 amide bonds. The molecule has 2 aromatic heterocycles. The molecule has 2 aliphatic carbocycles. The third-order valence-corrected chi connectivity index (χ3v) is 8.87. The first kappa shape index (κ1) is 23.3. The maximum atomic E-state index is 14.0. The van der Waals surface area contributed by atoms with Crippen LogP contribution in [0.3, 0.4) is 0 Å². The predicted octanol–water partition coefficient (Wildman–Crippen LogP) is 5.12. The van der Waals surface area contributed by atoms with E-state index in [9.17, 15) is 13.2 Å². The fraction of sp³-hybridized carbons (Fsp3) is 0.500. The Hall–Kier alpha value is -2.85. The van der Waals surface area contributed by atoms with Gasteiger partial charge in [0, 0.05) is 42.2 Å². The average Bonchev–Trinajstić information content (AvgIpc) is 3.57. The van der Waals surface area contributed by atoms with Crippen LogP contribution in [0, 0.1) is 5.41 Å². The van der Waals surface area contributed by atoms with Crippen molar-refractivity contribution in [1.29, 1.82) is 0 Å². The van der Waals surface area contributed by atoms with Crippen molar-refractivity contribution in [2.24, 2.45) is 5.41 Å². The molecule has 2 saturated carbocycles. The van der Waals surface area contributed by atoms with Crippen molar-refractivity contribution in [3.05, 3.63) is 58.8 Å². The molecule has 3 fully saturated rings. The van der Waals surface area contributed by atoms with Gasteiger partial charge in [-0.3, -0.25) is 9.47 Å². The van der Waals surface area contributed by atoms with Gasteiger partial charge in [-0.05, 0) is 61.6 Å². The minimum Gasteiger partial charge on any atom is -0.493 e. The number of halogens is 4. The molecular formula is C26H26ClF3N6O. The summed E-state index contributed by atoms with van der Waals surface area (Å²) in [7, 11) is 1.65. The molecule has 11 heteroatoms. The molecule has 194 valence electrons. The van der Waals surface area contributed by atoms with Crippen molar-refractivity contribution < 1.29 is 17.9 Å². The third-order valence-electron chi connectivity index (χ3n) is 8.63. The number of hydrogen-bond acceptors (Lipinski definition) is 6. The monoisotopic (exact) mass is 530 g/mol. The number of methoxy groups -OCH3 is 1. The molecule has 0 bridgehead atoms. The zero-order valence-corrected chi connectivity index (χ0v) is 21.1. The van der Waals surface area contributed by atoms with E-state index in [1.807, 2.05) is 22.8 Å². The number of rotatable bonds is 4. The summed E-state index contributed by atoms with van der Waals surface area (Å²) >= 11 is 6.29. The first-order valence-corrected chi connectivity index (χ1v) is 12.9. The van der Waals surface area contributed by atoms with Crippen LogP contribution in [-0.2, 0) is 13.1 Å². The Morgan fingerprint density at radius 2 is 1.86 bits per heavy atom. The Bertz CT molecular complexity index is 1370. The normalized spacial score (nSPS) is 22.0. The lowest BCUT2D eigenvalue weighted by Crippen LogP contribution is -2.62. The van der Waals surface area contributed by atoms with Gasteiger partial charge < -0.3 is 9.64 Å². The van der Waals surface area contributed by atoms with Crippen LogP contribution >= 0.6 is 11.6 Å². The van der Waals surface area contributed by atoms with Crippen LogP contribution in [0.15, 0.2) is 36.5 Å². The third kappa shape index (κ3) is 3.48. The minimum atomic E-state index is -4.30. The Labute approximate surface area is 217 Å². The van der Waals surface area contributed by atoms with Gasteiger partial charge >= 0.3 is 6.18 Å². The summed E-state index contributed by atoms with van der Waals surface area (Å²) in [4.78, 5) is 8.25. The van der Waals surface area contributed by atoms with Crippen LogP contribution in [0.25, 0.3) is 5.69 Å².